The van der Waals surface area contributed by atoms with Gasteiger partial charge in [-0.05, 0) is 35.9 Å². The Labute approximate surface area is 142 Å². The maximum Gasteiger partial charge on any atom is 0.188 e. The van der Waals surface area contributed by atoms with E-state index in [1.54, 1.807) is 36.4 Å². The largest absolute Gasteiger partial charge is 0.508 e. The van der Waals surface area contributed by atoms with Crippen LogP contribution in [-0.2, 0) is 0 Å². The van der Waals surface area contributed by atoms with Gasteiger partial charge in [0.2, 0.25) is 0 Å². The number of phenolic OH excluding ortho intramolecular Hbond substituents is 1. The number of phenols is 1. The number of rotatable bonds is 5. The van der Waals surface area contributed by atoms with Gasteiger partial charge in [0.25, 0.3) is 0 Å². The van der Waals surface area contributed by atoms with Gasteiger partial charge in [0.15, 0.2) is 17.3 Å². The number of halogens is 1. The van der Waals surface area contributed by atoms with E-state index in [0.29, 0.717) is 28.3 Å². The van der Waals surface area contributed by atoms with Gasteiger partial charge in [-0.2, -0.15) is 0 Å². The molecule has 5 nitrogen and oxygen atoms in total. The van der Waals surface area contributed by atoms with Crippen molar-refractivity contribution in [3.05, 3.63) is 52.0 Å². The highest BCUT2D eigenvalue weighted by Crippen LogP contribution is 2.32. The van der Waals surface area contributed by atoms with E-state index < -0.39 is 0 Å². The lowest BCUT2D eigenvalue weighted by atomic mass is 10.1. The molecule has 6 heteroatoms. The standard InChI is InChI=1S/C17H16BrNO4/c1-22-16-8-13(14(19)9-17(16)23-2)15(21)4-3-10-5-11(18)7-12(20)6-10/h3-9,20H,19H2,1-2H3/b4-3+. The number of nitrogen functional groups attached to an aromatic ring is 1. The summed E-state index contributed by atoms with van der Waals surface area (Å²) in [6, 6.07) is 7.98. The number of benzene rings is 2. The van der Waals surface area contributed by atoms with E-state index in [2.05, 4.69) is 15.9 Å². The van der Waals surface area contributed by atoms with Crippen LogP contribution in [0.5, 0.6) is 17.2 Å². The summed E-state index contributed by atoms with van der Waals surface area (Å²) in [5.41, 5.74) is 7.20. The smallest absolute Gasteiger partial charge is 0.188 e. The normalized spacial score (nSPS) is 10.7. The number of carbonyl (C=O) groups is 1. The van der Waals surface area contributed by atoms with Crippen molar-refractivity contribution in [2.75, 3.05) is 20.0 Å². The first-order valence-corrected chi connectivity index (χ1v) is 7.47. The summed E-state index contributed by atoms with van der Waals surface area (Å²) in [7, 11) is 2.99. The van der Waals surface area contributed by atoms with E-state index in [-0.39, 0.29) is 11.5 Å². The van der Waals surface area contributed by atoms with Crippen molar-refractivity contribution in [2.24, 2.45) is 0 Å². The lowest BCUT2D eigenvalue weighted by Gasteiger charge is -2.10. The summed E-state index contributed by atoms with van der Waals surface area (Å²) in [6.07, 6.45) is 2.99. The SMILES string of the molecule is COc1cc(N)c(C(=O)/C=C/c2cc(O)cc(Br)c2)cc1OC. The number of aromatic hydroxyl groups is 1. The minimum Gasteiger partial charge on any atom is -0.508 e. The Morgan fingerprint density at radius 1 is 1.13 bits per heavy atom. The molecular weight excluding hydrogens is 362 g/mol. The highest BCUT2D eigenvalue weighted by Gasteiger charge is 2.13. The molecule has 2 aromatic rings. The molecule has 0 aliphatic carbocycles. The second-order valence-electron chi connectivity index (χ2n) is 4.73. The molecule has 0 saturated carbocycles. The molecule has 0 aromatic heterocycles. The molecule has 0 aliphatic heterocycles. The molecule has 0 amide bonds. The second kappa shape index (κ2) is 7.19. The Bertz CT molecular complexity index is 751. The lowest BCUT2D eigenvalue weighted by Crippen LogP contribution is -2.03. The quantitative estimate of drug-likeness (QED) is 0.472. The number of carbonyl (C=O) groups excluding carboxylic acids is 1. The molecule has 0 saturated heterocycles. The number of hydrogen-bond acceptors (Lipinski definition) is 5. The van der Waals surface area contributed by atoms with E-state index in [1.165, 1.54) is 20.3 Å². The molecular formula is C17H16BrNO4. The van der Waals surface area contributed by atoms with Crippen LogP contribution in [0, 0.1) is 0 Å². The van der Waals surface area contributed by atoms with Gasteiger partial charge in [-0.1, -0.05) is 22.0 Å². The lowest BCUT2D eigenvalue weighted by molar-refractivity contribution is 0.104. The van der Waals surface area contributed by atoms with Crippen LogP contribution >= 0.6 is 15.9 Å². The third-order valence-corrected chi connectivity index (χ3v) is 3.61. The molecule has 120 valence electrons. The number of anilines is 1. The molecule has 2 aromatic carbocycles. The first kappa shape index (κ1) is 16.9. The topological polar surface area (TPSA) is 81.8 Å². The first-order valence-electron chi connectivity index (χ1n) is 6.68. The summed E-state index contributed by atoms with van der Waals surface area (Å²) >= 11 is 3.28. The van der Waals surface area contributed by atoms with Crippen LogP contribution in [-0.4, -0.2) is 25.1 Å². The van der Waals surface area contributed by atoms with Gasteiger partial charge in [0, 0.05) is 21.8 Å². The fourth-order valence-electron chi connectivity index (χ4n) is 2.06. The van der Waals surface area contributed by atoms with Crippen LogP contribution in [0.15, 0.2) is 40.9 Å². The fourth-order valence-corrected chi connectivity index (χ4v) is 2.56. The number of methoxy groups -OCH3 is 2. The maximum atomic E-state index is 12.3. The van der Waals surface area contributed by atoms with E-state index in [9.17, 15) is 9.90 Å². The van der Waals surface area contributed by atoms with Crippen LogP contribution in [0.4, 0.5) is 5.69 Å². The summed E-state index contributed by atoms with van der Waals surface area (Å²) in [6.45, 7) is 0. The summed E-state index contributed by atoms with van der Waals surface area (Å²) < 4.78 is 11.0. The van der Waals surface area contributed by atoms with Gasteiger partial charge in [0.05, 0.1) is 14.2 Å². The molecule has 0 fully saturated rings. The van der Waals surface area contributed by atoms with Crippen molar-refractivity contribution in [3.63, 3.8) is 0 Å². The fraction of sp³-hybridized carbons (Fsp3) is 0.118. The van der Waals surface area contributed by atoms with Gasteiger partial charge in [-0.3, -0.25) is 4.79 Å². The predicted molar refractivity (Wildman–Crippen MR) is 93.1 cm³/mol. The molecule has 3 N–H and O–H groups in total. The molecule has 0 aliphatic rings. The highest BCUT2D eigenvalue weighted by molar-refractivity contribution is 9.10. The van der Waals surface area contributed by atoms with Crippen molar-refractivity contribution < 1.29 is 19.4 Å². The molecule has 0 unspecified atom stereocenters. The molecule has 23 heavy (non-hydrogen) atoms. The third kappa shape index (κ3) is 4.04. The van der Waals surface area contributed by atoms with Gasteiger partial charge < -0.3 is 20.3 Å². The molecule has 0 bridgehead atoms. The van der Waals surface area contributed by atoms with Crippen molar-refractivity contribution in [2.45, 2.75) is 0 Å². The zero-order valence-corrected chi connectivity index (χ0v) is 14.3. The number of ketones is 1. The highest BCUT2D eigenvalue weighted by atomic mass is 79.9. The third-order valence-electron chi connectivity index (χ3n) is 3.15. The van der Waals surface area contributed by atoms with Crippen LogP contribution in [0.1, 0.15) is 15.9 Å². The molecule has 0 atom stereocenters. The minimum absolute atomic E-state index is 0.108. The van der Waals surface area contributed by atoms with Gasteiger partial charge in [-0.25, -0.2) is 0 Å². The van der Waals surface area contributed by atoms with E-state index in [4.69, 9.17) is 15.2 Å². The van der Waals surface area contributed by atoms with Crippen LogP contribution in [0.2, 0.25) is 0 Å². The summed E-state index contributed by atoms with van der Waals surface area (Å²) in [5.74, 6) is 0.723. The van der Waals surface area contributed by atoms with Crippen molar-refractivity contribution in [1.29, 1.82) is 0 Å². The Kier molecular flexibility index (Phi) is 5.28. The van der Waals surface area contributed by atoms with Crippen LogP contribution in [0.3, 0.4) is 0 Å². The number of allylic oxidation sites excluding steroid dienone is 1. The first-order chi connectivity index (χ1) is 10.9. The Hall–Kier alpha value is -2.47. The van der Waals surface area contributed by atoms with Crippen molar-refractivity contribution in [3.8, 4) is 17.2 Å². The zero-order chi connectivity index (χ0) is 17.0. The second-order valence-corrected chi connectivity index (χ2v) is 5.65. The zero-order valence-electron chi connectivity index (χ0n) is 12.7. The van der Waals surface area contributed by atoms with Crippen LogP contribution < -0.4 is 15.2 Å². The number of hydrogen-bond donors (Lipinski definition) is 2. The average molecular weight is 378 g/mol. The van der Waals surface area contributed by atoms with Gasteiger partial charge in [0.1, 0.15) is 5.75 Å². The van der Waals surface area contributed by atoms with E-state index in [0.717, 1.165) is 4.47 Å². The van der Waals surface area contributed by atoms with Crippen molar-refractivity contribution >= 4 is 33.5 Å². The maximum absolute atomic E-state index is 12.3. The Balaban J connectivity index is 2.31. The number of nitrogens with two attached hydrogens (primary N) is 1. The molecule has 0 radical (unpaired) electrons. The predicted octanol–water partition coefficient (Wildman–Crippen LogP) is 3.65. The molecule has 0 heterocycles. The Morgan fingerprint density at radius 3 is 2.39 bits per heavy atom. The monoisotopic (exact) mass is 377 g/mol. The average Bonchev–Trinajstić information content (AvgIpc) is 2.51. The van der Waals surface area contributed by atoms with Gasteiger partial charge in [-0.15, -0.1) is 0 Å². The van der Waals surface area contributed by atoms with Gasteiger partial charge >= 0.3 is 0 Å². The van der Waals surface area contributed by atoms with E-state index in [1.807, 2.05) is 0 Å². The molecule has 0 spiro atoms. The van der Waals surface area contributed by atoms with Crippen LogP contribution in [0.25, 0.3) is 6.08 Å². The number of ether oxygens (including phenoxy) is 2. The van der Waals surface area contributed by atoms with E-state index >= 15 is 0 Å². The molecule has 2 rings (SSSR count). The van der Waals surface area contributed by atoms with Crippen molar-refractivity contribution in [1.82, 2.24) is 0 Å². The summed E-state index contributed by atoms with van der Waals surface area (Å²) in [4.78, 5) is 12.3. The summed E-state index contributed by atoms with van der Waals surface area (Å²) in [5, 5.41) is 9.55. The Morgan fingerprint density at radius 2 is 1.78 bits per heavy atom. The minimum atomic E-state index is -0.275.